The maximum atomic E-state index is 13.2. The molecule has 0 spiro atoms. The van der Waals surface area contributed by atoms with Gasteiger partial charge in [0.25, 0.3) is 11.8 Å². The molecule has 4 aromatic carbocycles. The minimum Gasteiger partial charge on any atom is -0.345 e. The molecule has 3 amide bonds. The van der Waals surface area contributed by atoms with Crippen LogP contribution in [0, 0.1) is 0 Å². The van der Waals surface area contributed by atoms with Gasteiger partial charge in [0.1, 0.15) is 18.4 Å². The van der Waals surface area contributed by atoms with Crippen LogP contribution in [-0.2, 0) is 11.0 Å². The van der Waals surface area contributed by atoms with Gasteiger partial charge in [0, 0.05) is 16.5 Å². The molecule has 0 aliphatic carbocycles. The third kappa shape index (κ3) is 8.12. The Labute approximate surface area is 263 Å². The molecular weight excluding hydrogens is 626 g/mol. The fraction of sp³-hybridized carbons (Fsp3) is 0.118. The molecule has 1 aromatic heterocycles. The number of nitrogens with zero attached hydrogens (tertiary/aromatic N) is 1. The van der Waals surface area contributed by atoms with E-state index in [4.69, 9.17) is 0 Å². The van der Waals surface area contributed by atoms with Crippen LogP contribution in [0.25, 0.3) is 22.0 Å². The predicted molar refractivity (Wildman–Crippen MR) is 162 cm³/mol. The number of halogens is 6. The number of carbonyl (C=O) groups is 3. The summed E-state index contributed by atoms with van der Waals surface area (Å²) in [4.78, 5) is 43.4. The summed E-state index contributed by atoms with van der Waals surface area (Å²) in [6.45, 7) is -1.56. The Hall–Kier alpha value is -5.72. The second-order valence-corrected chi connectivity index (χ2v) is 10.3. The fourth-order valence-corrected chi connectivity index (χ4v) is 4.74. The number of carbonyl (C=O) groups excluding carboxylic acids is 3. The van der Waals surface area contributed by atoms with Crippen molar-refractivity contribution in [3.63, 3.8) is 0 Å². The summed E-state index contributed by atoms with van der Waals surface area (Å²) in [5, 5.41) is 7.44. The van der Waals surface area contributed by atoms with E-state index >= 15 is 0 Å². The third-order valence-corrected chi connectivity index (χ3v) is 7.02. The highest BCUT2D eigenvalue weighted by atomic mass is 19.4. The number of aromatic nitrogens is 1. The minimum absolute atomic E-state index is 0.103. The first-order valence-electron chi connectivity index (χ1n) is 14.0. The molecule has 13 heteroatoms. The number of alkyl halides is 6. The maximum absolute atomic E-state index is 13.2. The molecule has 0 saturated heterocycles. The van der Waals surface area contributed by atoms with Crippen LogP contribution in [-0.4, -0.2) is 35.4 Å². The van der Waals surface area contributed by atoms with E-state index in [0.717, 1.165) is 12.1 Å². The van der Waals surface area contributed by atoms with Crippen molar-refractivity contribution in [2.24, 2.45) is 0 Å². The van der Waals surface area contributed by atoms with Crippen molar-refractivity contribution in [3.05, 3.63) is 131 Å². The van der Waals surface area contributed by atoms with Crippen LogP contribution >= 0.6 is 0 Å². The van der Waals surface area contributed by atoms with Crippen LogP contribution < -0.4 is 16.0 Å². The zero-order valence-corrected chi connectivity index (χ0v) is 24.1. The van der Waals surface area contributed by atoms with Gasteiger partial charge in [-0.3, -0.25) is 14.4 Å². The summed E-state index contributed by atoms with van der Waals surface area (Å²) in [5.41, 5.74) is 0.983. The third-order valence-electron chi connectivity index (χ3n) is 7.02. The average Bonchev–Trinajstić information content (AvgIpc) is 3.05. The van der Waals surface area contributed by atoms with Crippen molar-refractivity contribution in [2.45, 2.75) is 18.4 Å². The number of amides is 3. The lowest BCUT2D eigenvalue weighted by atomic mass is 9.98. The first kappa shape index (κ1) is 32.7. The average molecular weight is 651 g/mol. The molecule has 240 valence electrons. The van der Waals surface area contributed by atoms with Gasteiger partial charge < -0.3 is 16.0 Å². The lowest BCUT2D eigenvalue weighted by molar-refractivity contribution is -0.139. The molecule has 0 bridgehead atoms. The van der Waals surface area contributed by atoms with E-state index < -0.39 is 48.2 Å². The lowest BCUT2D eigenvalue weighted by Gasteiger charge is -2.19. The number of pyridine rings is 1. The summed E-state index contributed by atoms with van der Waals surface area (Å²) in [6, 6.07) is 24.7. The highest BCUT2D eigenvalue weighted by Gasteiger charge is 2.31. The van der Waals surface area contributed by atoms with Gasteiger partial charge in [-0.2, -0.15) is 26.3 Å². The van der Waals surface area contributed by atoms with Gasteiger partial charge in [-0.15, -0.1) is 0 Å². The number of hydrogen-bond donors (Lipinski definition) is 3. The van der Waals surface area contributed by atoms with Gasteiger partial charge in [-0.25, -0.2) is 4.98 Å². The van der Waals surface area contributed by atoms with Crippen molar-refractivity contribution >= 4 is 34.4 Å². The molecule has 0 saturated carbocycles. The standard InChI is InChI=1S/C34H24F6N4O3/c35-33(36,37)19-41-32(47)29(21-6-2-1-3-7-21)44-30(45)23-12-16-27-22(18-23)13-17-28(42-27)43-31(46)26-9-5-4-8-25(26)20-10-14-24(15-11-20)34(38,39)40/h1-18,29H,19H2,(H,41,47)(H,44,45)(H,42,43,46)/t29-/m0/s1. The summed E-state index contributed by atoms with van der Waals surface area (Å²) in [7, 11) is 0. The first-order chi connectivity index (χ1) is 22.3. The highest BCUT2D eigenvalue weighted by molar-refractivity contribution is 6.09. The number of benzene rings is 4. The second-order valence-electron chi connectivity index (χ2n) is 10.3. The molecular formula is C34H24F6N4O3. The van der Waals surface area contributed by atoms with Crippen molar-refractivity contribution in [3.8, 4) is 11.1 Å². The number of nitrogens with one attached hydrogen (secondary N) is 3. The summed E-state index contributed by atoms with van der Waals surface area (Å²) in [6.07, 6.45) is -9.14. The molecule has 3 N–H and O–H groups in total. The SMILES string of the molecule is O=C(N[C@H](C(=O)NCC(F)(F)F)c1ccccc1)c1ccc2nc(NC(=O)c3ccccc3-c3ccc(C(F)(F)F)cc3)ccc2c1. The molecule has 47 heavy (non-hydrogen) atoms. The zero-order chi connectivity index (χ0) is 33.8. The Balaban J connectivity index is 1.32. The summed E-state index contributed by atoms with van der Waals surface area (Å²) < 4.78 is 77.2. The molecule has 1 atom stereocenters. The van der Waals surface area contributed by atoms with E-state index in [-0.39, 0.29) is 22.5 Å². The van der Waals surface area contributed by atoms with Crippen LogP contribution in [0.4, 0.5) is 32.2 Å². The van der Waals surface area contributed by atoms with Crippen molar-refractivity contribution in [2.75, 3.05) is 11.9 Å². The molecule has 0 aliphatic heterocycles. The van der Waals surface area contributed by atoms with E-state index in [0.29, 0.717) is 22.0 Å². The van der Waals surface area contributed by atoms with Gasteiger partial charge >= 0.3 is 12.4 Å². The largest absolute Gasteiger partial charge is 0.416 e. The zero-order valence-electron chi connectivity index (χ0n) is 24.1. The first-order valence-corrected chi connectivity index (χ1v) is 14.0. The molecule has 0 aliphatic rings. The van der Waals surface area contributed by atoms with Gasteiger partial charge in [0.15, 0.2) is 0 Å². The molecule has 5 aromatic rings. The smallest absolute Gasteiger partial charge is 0.345 e. The van der Waals surface area contributed by atoms with Crippen molar-refractivity contribution in [1.29, 1.82) is 0 Å². The fourth-order valence-electron chi connectivity index (χ4n) is 4.74. The number of hydrogen-bond acceptors (Lipinski definition) is 4. The Morgan fingerprint density at radius 1 is 0.723 bits per heavy atom. The Bertz CT molecular complexity index is 1930. The van der Waals surface area contributed by atoms with E-state index in [2.05, 4.69) is 15.6 Å². The van der Waals surface area contributed by atoms with Gasteiger partial charge in [-0.1, -0.05) is 60.7 Å². The van der Waals surface area contributed by atoms with Crippen molar-refractivity contribution < 1.29 is 40.7 Å². The normalized spacial score (nSPS) is 12.3. The molecule has 0 unspecified atom stereocenters. The van der Waals surface area contributed by atoms with Gasteiger partial charge in [0.2, 0.25) is 5.91 Å². The van der Waals surface area contributed by atoms with E-state index in [1.54, 1.807) is 47.8 Å². The number of fused-ring (bicyclic) bond motifs is 1. The van der Waals surface area contributed by atoms with Crippen molar-refractivity contribution in [1.82, 2.24) is 15.6 Å². The van der Waals surface area contributed by atoms with Crippen LogP contribution in [0.5, 0.6) is 0 Å². The van der Waals surface area contributed by atoms with Crippen LogP contribution in [0.15, 0.2) is 109 Å². The van der Waals surface area contributed by atoms with E-state index in [1.807, 2.05) is 0 Å². The predicted octanol–water partition coefficient (Wildman–Crippen LogP) is 7.32. The van der Waals surface area contributed by atoms with Crippen LogP contribution in [0.1, 0.15) is 37.9 Å². The van der Waals surface area contributed by atoms with E-state index in [9.17, 15) is 40.7 Å². The summed E-state index contributed by atoms with van der Waals surface area (Å²) in [5.74, 6) is -2.16. The Kier molecular flexibility index (Phi) is 9.27. The van der Waals surface area contributed by atoms with Gasteiger partial charge in [0.05, 0.1) is 11.1 Å². The quantitative estimate of drug-likeness (QED) is 0.153. The number of rotatable bonds is 8. The molecule has 0 radical (unpaired) electrons. The molecule has 7 nitrogen and oxygen atoms in total. The highest BCUT2D eigenvalue weighted by Crippen LogP contribution is 2.32. The topological polar surface area (TPSA) is 100 Å². The van der Waals surface area contributed by atoms with E-state index in [1.165, 1.54) is 54.6 Å². The minimum atomic E-state index is -4.64. The lowest BCUT2D eigenvalue weighted by Crippen LogP contribution is -2.43. The Morgan fingerprint density at radius 3 is 2.09 bits per heavy atom. The molecule has 0 fully saturated rings. The van der Waals surface area contributed by atoms with Crippen LogP contribution in [0.2, 0.25) is 0 Å². The summed E-state index contributed by atoms with van der Waals surface area (Å²) >= 11 is 0. The molecule has 1 heterocycles. The second kappa shape index (κ2) is 13.3. The molecule has 5 rings (SSSR count). The number of anilines is 1. The Morgan fingerprint density at radius 2 is 1.40 bits per heavy atom. The van der Waals surface area contributed by atoms with Crippen LogP contribution in [0.3, 0.4) is 0 Å². The maximum Gasteiger partial charge on any atom is 0.416 e. The van der Waals surface area contributed by atoms with Gasteiger partial charge in [-0.05, 0) is 65.2 Å². The monoisotopic (exact) mass is 650 g/mol.